The molecule has 0 saturated carbocycles. The van der Waals surface area contributed by atoms with Crippen LogP contribution in [0.3, 0.4) is 0 Å². The van der Waals surface area contributed by atoms with E-state index >= 15 is 0 Å². The summed E-state index contributed by atoms with van der Waals surface area (Å²) in [5.41, 5.74) is 1.48. The fraction of sp³-hybridized carbons (Fsp3) is 0.174. The number of thiazole rings is 1. The molecule has 3 aromatic rings. The lowest BCUT2D eigenvalue weighted by atomic mass is 10.0. The molecule has 2 heterocycles. The van der Waals surface area contributed by atoms with E-state index in [1.165, 1.54) is 23.5 Å². The highest BCUT2D eigenvalue weighted by Crippen LogP contribution is 2.41. The molecule has 0 aliphatic carbocycles. The number of benzene rings is 2. The van der Waals surface area contributed by atoms with E-state index in [0.29, 0.717) is 33.6 Å². The summed E-state index contributed by atoms with van der Waals surface area (Å²) in [5, 5.41) is 10.9. The van der Waals surface area contributed by atoms with E-state index in [1.54, 1.807) is 41.9 Å². The average Bonchev–Trinajstić information content (AvgIpc) is 3.36. The first kappa shape index (κ1) is 21.3. The SMILES string of the molecule is CCOc1cc(/C=C2\SC(=N)[C@H](c3nccs3)C2=O)ccc1OCc1cccc(F)c1. The van der Waals surface area contributed by atoms with E-state index in [0.717, 1.165) is 17.3 Å². The summed E-state index contributed by atoms with van der Waals surface area (Å²) in [6.45, 7) is 2.53. The molecule has 1 atom stereocenters. The van der Waals surface area contributed by atoms with Gasteiger partial charge in [-0.05, 0) is 48.4 Å². The van der Waals surface area contributed by atoms with Crippen molar-refractivity contribution in [3.8, 4) is 11.5 Å². The number of rotatable bonds is 7. The Bertz CT molecular complexity index is 1150. The van der Waals surface area contributed by atoms with Gasteiger partial charge in [0, 0.05) is 11.6 Å². The number of carbonyl (C=O) groups excluding carboxylic acids is 1. The number of ether oxygens (including phenoxy) is 2. The minimum Gasteiger partial charge on any atom is -0.490 e. The Morgan fingerprint density at radius 1 is 1.19 bits per heavy atom. The first-order chi connectivity index (χ1) is 15.0. The molecule has 158 valence electrons. The van der Waals surface area contributed by atoms with Gasteiger partial charge in [-0.2, -0.15) is 0 Å². The number of carbonyl (C=O) groups is 1. The second kappa shape index (κ2) is 9.45. The van der Waals surface area contributed by atoms with E-state index in [1.807, 2.05) is 13.0 Å². The van der Waals surface area contributed by atoms with E-state index in [-0.39, 0.29) is 23.3 Å². The predicted molar refractivity (Wildman–Crippen MR) is 121 cm³/mol. The van der Waals surface area contributed by atoms with Gasteiger partial charge in [0.25, 0.3) is 0 Å². The molecule has 2 aromatic carbocycles. The van der Waals surface area contributed by atoms with Crippen LogP contribution in [0.4, 0.5) is 4.39 Å². The molecule has 1 fully saturated rings. The summed E-state index contributed by atoms with van der Waals surface area (Å²) in [7, 11) is 0. The number of nitrogens with one attached hydrogen (secondary N) is 1. The Balaban J connectivity index is 1.54. The lowest BCUT2D eigenvalue weighted by Gasteiger charge is -2.13. The van der Waals surface area contributed by atoms with Gasteiger partial charge in [-0.25, -0.2) is 9.37 Å². The normalized spacial score (nSPS) is 17.4. The van der Waals surface area contributed by atoms with Crippen LogP contribution in [0.5, 0.6) is 11.5 Å². The second-order valence-electron chi connectivity index (χ2n) is 6.70. The van der Waals surface area contributed by atoms with Crippen LogP contribution >= 0.6 is 23.1 Å². The quantitative estimate of drug-likeness (QED) is 0.465. The zero-order valence-corrected chi connectivity index (χ0v) is 18.3. The van der Waals surface area contributed by atoms with Gasteiger partial charge in [0.05, 0.1) is 16.6 Å². The fourth-order valence-corrected chi connectivity index (χ4v) is 4.94. The fourth-order valence-electron chi connectivity index (χ4n) is 3.13. The second-order valence-corrected chi connectivity index (χ2v) is 8.71. The van der Waals surface area contributed by atoms with Crippen molar-refractivity contribution in [3.05, 3.63) is 80.9 Å². The predicted octanol–water partition coefficient (Wildman–Crippen LogP) is 5.68. The molecule has 1 aromatic heterocycles. The maximum atomic E-state index is 13.4. The number of hydrogen-bond acceptors (Lipinski definition) is 7. The minimum atomic E-state index is -0.614. The Kier molecular flexibility index (Phi) is 6.48. The van der Waals surface area contributed by atoms with Crippen LogP contribution in [0.15, 0.2) is 58.9 Å². The summed E-state index contributed by atoms with van der Waals surface area (Å²) < 4.78 is 24.9. The highest BCUT2D eigenvalue weighted by molar-refractivity contribution is 8.19. The monoisotopic (exact) mass is 454 g/mol. The van der Waals surface area contributed by atoms with Gasteiger partial charge in [0.1, 0.15) is 23.3 Å². The Morgan fingerprint density at radius 2 is 2.06 bits per heavy atom. The van der Waals surface area contributed by atoms with Crippen LogP contribution in [0, 0.1) is 11.2 Å². The van der Waals surface area contributed by atoms with Gasteiger partial charge in [-0.15, -0.1) is 11.3 Å². The summed E-state index contributed by atoms with van der Waals surface area (Å²) in [4.78, 5) is 17.5. The third-order valence-electron chi connectivity index (χ3n) is 4.53. The van der Waals surface area contributed by atoms with Crippen LogP contribution in [0.2, 0.25) is 0 Å². The minimum absolute atomic E-state index is 0.116. The zero-order valence-electron chi connectivity index (χ0n) is 16.6. The highest BCUT2D eigenvalue weighted by atomic mass is 32.2. The van der Waals surface area contributed by atoms with Crippen molar-refractivity contribution in [2.24, 2.45) is 0 Å². The van der Waals surface area contributed by atoms with Crippen molar-refractivity contribution in [3.63, 3.8) is 0 Å². The standard InChI is InChI=1S/C23H19FN2O3S2/c1-2-28-18-11-14(6-7-17(18)29-13-15-4-3-5-16(24)10-15)12-19-21(27)20(22(25)31-19)23-26-8-9-30-23/h3-12,20,25H,2,13H2,1H3/b19-12-,25-22?/t20-/m1/s1. The molecule has 0 bridgehead atoms. The van der Waals surface area contributed by atoms with Gasteiger partial charge in [0.2, 0.25) is 0 Å². The molecule has 1 aliphatic heterocycles. The van der Waals surface area contributed by atoms with Crippen molar-refractivity contribution in [1.29, 1.82) is 5.41 Å². The van der Waals surface area contributed by atoms with Gasteiger partial charge < -0.3 is 9.47 Å². The molecule has 4 rings (SSSR count). The Labute approximate surface area is 187 Å². The van der Waals surface area contributed by atoms with Crippen LogP contribution in [-0.2, 0) is 11.4 Å². The molecule has 1 aliphatic rings. The number of allylic oxidation sites excluding steroid dienone is 1. The maximum absolute atomic E-state index is 13.4. The highest BCUT2D eigenvalue weighted by Gasteiger charge is 2.38. The largest absolute Gasteiger partial charge is 0.490 e. The zero-order chi connectivity index (χ0) is 21.8. The summed E-state index contributed by atoms with van der Waals surface area (Å²) in [6, 6.07) is 11.6. The van der Waals surface area contributed by atoms with Crippen molar-refractivity contribution in [2.45, 2.75) is 19.4 Å². The molecule has 0 unspecified atom stereocenters. The van der Waals surface area contributed by atoms with Gasteiger partial charge in [0.15, 0.2) is 17.3 Å². The number of ketones is 1. The van der Waals surface area contributed by atoms with E-state index in [9.17, 15) is 9.18 Å². The molecular weight excluding hydrogens is 435 g/mol. The molecule has 0 spiro atoms. The van der Waals surface area contributed by atoms with Crippen molar-refractivity contribution >= 4 is 40.0 Å². The van der Waals surface area contributed by atoms with E-state index in [2.05, 4.69) is 4.98 Å². The molecule has 8 heteroatoms. The van der Waals surface area contributed by atoms with Crippen LogP contribution in [0.1, 0.15) is 29.0 Å². The topological polar surface area (TPSA) is 72.3 Å². The van der Waals surface area contributed by atoms with Gasteiger partial charge >= 0.3 is 0 Å². The molecular formula is C23H19FN2O3S2. The average molecular weight is 455 g/mol. The number of halogens is 1. The van der Waals surface area contributed by atoms with Crippen LogP contribution in [0.25, 0.3) is 6.08 Å². The molecule has 0 amide bonds. The third-order valence-corrected chi connectivity index (χ3v) is 6.37. The summed E-state index contributed by atoms with van der Waals surface area (Å²) in [6.07, 6.45) is 3.40. The van der Waals surface area contributed by atoms with Gasteiger partial charge in [-0.3, -0.25) is 10.2 Å². The molecule has 31 heavy (non-hydrogen) atoms. The molecule has 5 nitrogen and oxygen atoms in total. The lowest BCUT2D eigenvalue weighted by molar-refractivity contribution is -0.114. The number of Topliss-reactive ketones (excluding diaryl/α,β-unsaturated/α-hetero) is 1. The van der Waals surface area contributed by atoms with Crippen molar-refractivity contribution in [2.75, 3.05) is 6.61 Å². The van der Waals surface area contributed by atoms with E-state index in [4.69, 9.17) is 14.9 Å². The Morgan fingerprint density at radius 3 is 2.81 bits per heavy atom. The number of nitrogens with zero attached hydrogens (tertiary/aromatic N) is 1. The molecule has 1 saturated heterocycles. The first-order valence-electron chi connectivity index (χ1n) is 9.61. The maximum Gasteiger partial charge on any atom is 0.186 e. The molecule has 1 N–H and O–H groups in total. The number of hydrogen-bond donors (Lipinski definition) is 1. The number of thioether (sulfide) groups is 1. The van der Waals surface area contributed by atoms with Gasteiger partial charge in [-0.1, -0.05) is 30.0 Å². The first-order valence-corrected chi connectivity index (χ1v) is 11.3. The molecule has 0 radical (unpaired) electrons. The van der Waals surface area contributed by atoms with Crippen LogP contribution in [-0.4, -0.2) is 22.4 Å². The summed E-state index contributed by atoms with van der Waals surface area (Å²) >= 11 is 2.54. The summed E-state index contributed by atoms with van der Waals surface area (Å²) in [5.74, 6) is 0.0293. The van der Waals surface area contributed by atoms with Crippen molar-refractivity contribution in [1.82, 2.24) is 4.98 Å². The third kappa shape index (κ3) is 4.86. The van der Waals surface area contributed by atoms with E-state index < -0.39 is 5.92 Å². The Hall–Kier alpha value is -2.97. The lowest BCUT2D eigenvalue weighted by Crippen LogP contribution is -2.11. The number of aromatic nitrogens is 1. The van der Waals surface area contributed by atoms with Crippen molar-refractivity contribution < 1.29 is 18.7 Å². The van der Waals surface area contributed by atoms with Crippen LogP contribution < -0.4 is 9.47 Å². The smallest absolute Gasteiger partial charge is 0.186 e.